The van der Waals surface area contributed by atoms with E-state index >= 15 is 0 Å². The van der Waals surface area contributed by atoms with E-state index in [1.165, 1.54) is 30.6 Å². The molecule has 4 aliphatic rings. The van der Waals surface area contributed by atoms with Crippen molar-refractivity contribution in [3.63, 3.8) is 0 Å². The van der Waals surface area contributed by atoms with Crippen LogP contribution in [0.4, 0.5) is 5.13 Å². The number of alkyl halides is 1. The molecular weight excluding hydrogens is 380 g/mol. The summed E-state index contributed by atoms with van der Waals surface area (Å²) in [5.41, 5.74) is 1.25. The van der Waals surface area contributed by atoms with Crippen LogP contribution in [0.25, 0.3) is 0 Å². The number of anilines is 1. The summed E-state index contributed by atoms with van der Waals surface area (Å²) in [4.78, 5) is 17.0. The minimum absolute atomic E-state index is 0.0149. The van der Waals surface area contributed by atoms with Crippen LogP contribution in [0.3, 0.4) is 0 Å². The van der Waals surface area contributed by atoms with E-state index in [9.17, 15) is 4.79 Å². The molecule has 0 unspecified atom stereocenters. The Bertz CT molecular complexity index is 839. The van der Waals surface area contributed by atoms with Crippen LogP contribution >= 0.6 is 22.9 Å². The summed E-state index contributed by atoms with van der Waals surface area (Å²) in [5.74, 6) is 1.98. The zero-order valence-electron chi connectivity index (χ0n) is 15.1. The molecule has 142 valence electrons. The van der Waals surface area contributed by atoms with Crippen molar-refractivity contribution in [1.29, 1.82) is 0 Å². The minimum Gasteiger partial charge on any atom is -0.484 e. The van der Waals surface area contributed by atoms with Crippen LogP contribution in [0.5, 0.6) is 5.75 Å². The van der Waals surface area contributed by atoms with Gasteiger partial charge in [0.25, 0.3) is 5.91 Å². The third-order valence-electron chi connectivity index (χ3n) is 6.40. The van der Waals surface area contributed by atoms with Crippen LogP contribution in [0.15, 0.2) is 35.7 Å². The number of nitrogens with zero attached hydrogens (tertiary/aromatic N) is 1. The van der Waals surface area contributed by atoms with Gasteiger partial charge in [0, 0.05) is 15.7 Å². The van der Waals surface area contributed by atoms with E-state index in [2.05, 4.69) is 10.7 Å². The van der Waals surface area contributed by atoms with Gasteiger partial charge in [0.05, 0.1) is 5.69 Å². The molecule has 6 rings (SSSR count). The molecule has 1 aromatic heterocycles. The van der Waals surface area contributed by atoms with Gasteiger partial charge in [0.15, 0.2) is 11.7 Å². The number of hydrogen-bond donors (Lipinski definition) is 1. The molecule has 27 heavy (non-hydrogen) atoms. The topological polar surface area (TPSA) is 51.2 Å². The Labute approximate surface area is 168 Å². The van der Waals surface area contributed by atoms with Gasteiger partial charge >= 0.3 is 0 Å². The largest absolute Gasteiger partial charge is 0.484 e. The molecule has 4 bridgehead atoms. The third kappa shape index (κ3) is 3.36. The number of rotatable bonds is 5. The van der Waals surface area contributed by atoms with Gasteiger partial charge in [-0.2, -0.15) is 0 Å². The van der Waals surface area contributed by atoms with Gasteiger partial charge in [0.2, 0.25) is 0 Å². The van der Waals surface area contributed by atoms with Gasteiger partial charge in [-0.3, -0.25) is 10.1 Å². The molecule has 2 atom stereocenters. The predicted octanol–water partition coefficient (Wildman–Crippen LogP) is 4.99. The van der Waals surface area contributed by atoms with E-state index in [-0.39, 0.29) is 22.8 Å². The maximum Gasteiger partial charge on any atom is 0.264 e. The molecular formula is C21H23ClN2O2S. The number of halogens is 1. The first-order valence-corrected chi connectivity index (χ1v) is 10.9. The first-order valence-electron chi connectivity index (χ1n) is 9.65. The van der Waals surface area contributed by atoms with Crippen molar-refractivity contribution in [2.24, 2.45) is 11.8 Å². The van der Waals surface area contributed by atoms with Crippen LogP contribution in [-0.4, -0.2) is 22.4 Å². The Balaban J connectivity index is 1.26. The molecule has 1 aromatic carbocycles. The Morgan fingerprint density at radius 3 is 2.67 bits per heavy atom. The van der Waals surface area contributed by atoms with Gasteiger partial charge in [-0.05, 0) is 62.5 Å². The quantitative estimate of drug-likeness (QED) is 0.717. The zero-order valence-corrected chi connectivity index (χ0v) is 16.7. The first-order chi connectivity index (χ1) is 13.0. The highest BCUT2D eigenvalue weighted by molar-refractivity contribution is 7.14. The maximum absolute atomic E-state index is 12.2. The normalized spacial score (nSPS) is 33.8. The molecule has 4 aliphatic carbocycles. The van der Waals surface area contributed by atoms with Crippen LogP contribution in [0.1, 0.15) is 44.2 Å². The van der Waals surface area contributed by atoms with Gasteiger partial charge in [-0.15, -0.1) is 22.9 Å². The van der Waals surface area contributed by atoms with E-state index in [0.717, 1.165) is 36.8 Å². The van der Waals surface area contributed by atoms with E-state index in [1.54, 1.807) is 0 Å². The summed E-state index contributed by atoms with van der Waals surface area (Å²) >= 11 is 8.46. The van der Waals surface area contributed by atoms with Crippen LogP contribution in [0, 0.1) is 11.8 Å². The van der Waals surface area contributed by atoms with Crippen LogP contribution in [-0.2, 0) is 10.2 Å². The molecule has 0 saturated heterocycles. The minimum atomic E-state index is -0.181. The maximum atomic E-state index is 12.2. The number of carbonyl (C=O) groups excluding carboxylic acids is 1. The molecule has 4 fully saturated rings. The van der Waals surface area contributed by atoms with E-state index in [0.29, 0.717) is 10.9 Å². The third-order valence-corrected chi connectivity index (χ3v) is 7.60. The zero-order chi connectivity index (χ0) is 18.5. The summed E-state index contributed by atoms with van der Waals surface area (Å²) in [6.07, 6.45) is 7.09. The number of ether oxygens (including phenoxy) is 1. The van der Waals surface area contributed by atoms with E-state index in [4.69, 9.17) is 21.3 Å². The summed E-state index contributed by atoms with van der Waals surface area (Å²) in [6.45, 7) is -0.0149. The Kier molecular flexibility index (Phi) is 4.21. The highest BCUT2D eigenvalue weighted by Gasteiger charge is 2.58. The lowest BCUT2D eigenvalue weighted by Crippen LogP contribution is -2.55. The first kappa shape index (κ1) is 17.5. The van der Waals surface area contributed by atoms with Crippen molar-refractivity contribution in [2.45, 2.75) is 48.8 Å². The molecule has 1 heterocycles. The van der Waals surface area contributed by atoms with Crippen molar-refractivity contribution >= 4 is 34.0 Å². The fourth-order valence-corrected chi connectivity index (χ4v) is 7.39. The number of hydrogen-bond acceptors (Lipinski definition) is 4. The molecule has 1 N–H and O–H groups in total. The second-order valence-electron chi connectivity index (χ2n) is 8.58. The monoisotopic (exact) mass is 402 g/mol. The van der Waals surface area contributed by atoms with Crippen LogP contribution in [0.2, 0.25) is 0 Å². The molecule has 0 aliphatic heterocycles. The number of para-hydroxylation sites is 1. The summed E-state index contributed by atoms with van der Waals surface area (Å²) in [5, 5.41) is 5.67. The van der Waals surface area contributed by atoms with Gasteiger partial charge < -0.3 is 4.74 Å². The van der Waals surface area contributed by atoms with Crippen molar-refractivity contribution in [3.05, 3.63) is 41.4 Å². The lowest BCUT2D eigenvalue weighted by atomic mass is 9.48. The summed E-state index contributed by atoms with van der Waals surface area (Å²) in [6, 6.07) is 9.36. The molecule has 6 heteroatoms. The number of thiazole rings is 1. The average Bonchev–Trinajstić information content (AvgIpc) is 3.08. The van der Waals surface area contributed by atoms with Crippen LogP contribution < -0.4 is 10.1 Å². The number of nitrogens with one attached hydrogen (secondary N) is 1. The molecule has 0 spiro atoms. The Hall–Kier alpha value is -1.59. The van der Waals surface area contributed by atoms with Crippen molar-refractivity contribution in [1.82, 2.24) is 4.98 Å². The average molecular weight is 403 g/mol. The Morgan fingerprint density at radius 1 is 1.22 bits per heavy atom. The smallest absolute Gasteiger partial charge is 0.264 e. The van der Waals surface area contributed by atoms with Gasteiger partial charge in [-0.25, -0.2) is 4.98 Å². The van der Waals surface area contributed by atoms with Gasteiger partial charge in [-0.1, -0.05) is 18.2 Å². The Morgan fingerprint density at radius 2 is 1.96 bits per heavy atom. The predicted molar refractivity (Wildman–Crippen MR) is 108 cm³/mol. The number of carbonyl (C=O) groups is 1. The lowest BCUT2D eigenvalue weighted by Gasteiger charge is -2.59. The van der Waals surface area contributed by atoms with E-state index < -0.39 is 0 Å². The molecule has 2 aromatic rings. The number of amides is 1. The lowest BCUT2D eigenvalue weighted by molar-refractivity contribution is -0.118. The van der Waals surface area contributed by atoms with Crippen molar-refractivity contribution < 1.29 is 9.53 Å². The fourth-order valence-electron chi connectivity index (χ4n) is 5.85. The number of benzene rings is 1. The molecule has 1 amide bonds. The number of aromatic nitrogens is 1. The molecule has 0 radical (unpaired) electrons. The van der Waals surface area contributed by atoms with Crippen molar-refractivity contribution in [3.8, 4) is 5.75 Å². The standard InChI is InChI=1S/C21H23ClN2O2S/c22-21-9-14-6-15(10-21)8-20(7-14,13-21)17-12-27-19(23-17)24-18(25)11-26-16-4-2-1-3-5-16/h1-5,12,14-15H,6-11,13H2,(H,23,24,25)/t14-,15-,20?,21?/m1/s1. The molecule has 4 nitrogen and oxygen atoms in total. The van der Waals surface area contributed by atoms with E-state index in [1.807, 2.05) is 30.3 Å². The highest BCUT2D eigenvalue weighted by Crippen LogP contribution is 2.64. The van der Waals surface area contributed by atoms with Gasteiger partial charge in [0.1, 0.15) is 5.75 Å². The summed E-state index contributed by atoms with van der Waals surface area (Å²) < 4.78 is 5.51. The highest BCUT2D eigenvalue weighted by atomic mass is 35.5. The van der Waals surface area contributed by atoms with Crippen molar-refractivity contribution in [2.75, 3.05) is 11.9 Å². The second kappa shape index (κ2) is 6.49. The second-order valence-corrected chi connectivity index (χ2v) is 10.2. The molecule has 4 saturated carbocycles. The SMILES string of the molecule is O=C(COc1ccccc1)Nc1nc(C23C[C@H]4C[C@@H](CC(Cl)(C4)C2)C3)cs1. The fraction of sp³-hybridized carbons (Fsp3) is 0.524. The summed E-state index contributed by atoms with van der Waals surface area (Å²) in [7, 11) is 0.